The Hall–Kier alpha value is -5.00. The molecule has 5 aromatic rings. The topological polar surface area (TPSA) is 84.3 Å². The molecule has 0 unspecified atom stereocenters. The molecule has 1 fully saturated rings. The van der Waals surface area contributed by atoms with E-state index in [1.807, 2.05) is 42.5 Å². The normalized spacial score (nSPS) is 15.0. The molecule has 6 rings (SSSR count). The van der Waals surface area contributed by atoms with Crippen LogP contribution < -0.4 is 9.64 Å². The minimum atomic E-state index is -2.74. The van der Waals surface area contributed by atoms with Crippen molar-refractivity contribution in [3.63, 3.8) is 0 Å². The summed E-state index contributed by atoms with van der Waals surface area (Å²) in [6.45, 7) is 5.46. The summed E-state index contributed by atoms with van der Waals surface area (Å²) in [6.07, 6.45) is 8.54. The molecule has 0 N–H and O–H groups in total. The predicted molar refractivity (Wildman–Crippen MR) is 164 cm³/mol. The summed E-state index contributed by atoms with van der Waals surface area (Å²) in [5, 5.41) is 17.8. The van der Waals surface area contributed by atoms with Crippen molar-refractivity contribution < 1.29 is 13.5 Å². The van der Waals surface area contributed by atoms with Gasteiger partial charge in [-0.1, -0.05) is 25.6 Å². The first-order chi connectivity index (χ1) is 20.7. The van der Waals surface area contributed by atoms with E-state index in [4.69, 9.17) is 9.72 Å². The SMILES string of the molecule is C[Si](C)(C)C#Cc1ccc(O[C@@H]2CCN(c3ccc(-c4cc(-c5cnn(C(F)F)c5)cn5ncc(C#N)c45)cn3)C2)cc1. The van der Waals surface area contributed by atoms with Gasteiger partial charge in [0.1, 0.15) is 31.8 Å². The van der Waals surface area contributed by atoms with Gasteiger partial charge in [0, 0.05) is 59.4 Å². The molecule has 4 aromatic heterocycles. The lowest BCUT2D eigenvalue weighted by molar-refractivity contribution is 0.0566. The second kappa shape index (κ2) is 11.3. The van der Waals surface area contributed by atoms with Crippen LogP contribution in [0.4, 0.5) is 14.6 Å². The molecule has 11 heteroatoms. The molecule has 0 amide bonds. The maximum atomic E-state index is 13.1. The molecule has 0 radical (unpaired) electrons. The van der Waals surface area contributed by atoms with Crippen molar-refractivity contribution in [2.45, 2.75) is 38.7 Å². The largest absolute Gasteiger partial charge is 0.489 e. The van der Waals surface area contributed by atoms with E-state index in [9.17, 15) is 14.0 Å². The highest BCUT2D eigenvalue weighted by Gasteiger charge is 2.25. The van der Waals surface area contributed by atoms with Crippen molar-refractivity contribution >= 4 is 19.4 Å². The Kier molecular flexibility index (Phi) is 7.42. The fourth-order valence-corrected chi connectivity index (χ4v) is 5.53. The molecule has 1 saturated heterocycles. The highest BCUT2D eigenvalue weighted by atomic mass is 28.3. The van der Waals surface area contributed by atoms with Gasteiger partial charge < -0.3 is 9.64 Å². The average molecular weight is 594 g/mol. The minimum absolute atomic E-state index is 0.0378. The maximum Gasteiger partial charge on any atom is 0.333 e. The third-order valence-electron chi connectivity index (χ3n) is 7.13. The summed E-state index contributed by atoms with van der Waals surface area (Å²) < 4.78 is 34.7. The van der Waals surface area contributed by atoms with Crippen molar-refractivity contribution in [3.8, 4) is 45.5 Å². The number of nitrogens with zero attached hydrogens (tertiary/aromatic N) is 7. The molecule has 1 aliphatic heterocycles. The van der Waals surface area contributed by atoms with E-state index < -0.39 is 14.6 Å². The molecule has 0 saturated carbocycles. The molecule has 1 aliphatic rings. The first-order valence-corrected chi connectivity index (χ1v) is 17.4. The smallest absolute Gasteiger partial charge is 0.333 e. The van der Waals surface area contributed by atoms with Crippen LogP contribution in [0.3, 0.4) is 0 Å². The van der Waals surface area contributed by atoms with Crippen LogP contribution in [0.25, 0.3) is 27.8 Å². The molecule has 1 aromatic carbocycles. The van der Waals surface area contributed by atoms with Crippen LogP contribution in [-0.2, 0) is 0 Å². The van der Waals surface area contributed by atoms with Crippen molar-refractivity contribution in [2.75, 3.05) is 18.0 Å². The van der Waals surface area contributed by atoms with Gasteiger partial charge >= 0.3 is 6.55 Å². The quantitative estimate of drug-likeness (QED) is 0.167. The number of pyridine rings is 2. The number of ether oxygens (including phenoxy) is 1. The van der Waals surface area contributed by atoms with E-state index >= 15 is 0 Å². The number of fused-ring (bicyclic) bond motifs is 1. The molecule has 5 heterocycles. The summed E-state index contributed by atoms with van der Waals surface area (Å²) in [7, 11) is -1.43. The van der Waals surface area contributed by atoms with Gasteiger partial charge in [0.2, 0.25) is 0 Å². The zero-order valence-electron chi connectivity index (χ0n) is 24.0. The second-order valence-corrected chi connectivity index (χ2v) is 16.2. The van der Waals surface area contributed by atoms with Crippen LogP contribution in [-0.4, -0.2) is 51.6 Å². The number of hydrogen-bond acceptors (Lipinski definition) is 6. The lowest BCUT2D eigenvalue weighted by atomic mass is 10.0. The predicted octanol–water partition coefficient (Wildman–Crippen LogP) is 6.41. The molecular formula is C32H29F2N7OSi. The Morgan fingerprint density at radius 1 is 0.977 bits per heavy atom. The van der Waals surface area contributed by atoms with Gasteiger partial charge in [0.15, 0.2) is 0 Å². The van der Waals surface area contributed by atoms with Gasteiger partial charge in [-0.15, -0.1) is 5.54 Å². The molecule has 8 nitrogen and oxygen atoms in total. The summed E-state index contributed by atoms with van der Waals surface area (Å²) >= 11 is 0. The number of aromatic nitrogens is 5. The standard InChI is InChI=1S/C32H29F2N7OSi/c1-43(2,3)13-11-22-4-7-27(8-5-22)42-28-10-12-39(21-28)30-9-6-23(16-36-30)29-14-24(26-18-38-41(20-26)32(33)34)19-40-31(29)25(15-35)17-37-40/h4-9,14,16-20,28,32H,10,12,21H2,1-3H3/t28-/m1/s1. The Balaban J connectivity index is 1.20. The van der Waals surface area contributed by atoms with E-state index in [2.05, 4.69) is 52.3 Å². The zero-order valence-corrected chi connectivity index (χ0v) is 25.0. The molecule has 0 aliphatic carbocycles. The number of benzene rings is 1. The average Bonchev–Trinajstić information content (AvgIpc) is 3.76. The zero-order chi connectivity index (χ0) is 30.1. The van der Waals surface area contributed by atoms with E-state index in [0.717, 1.165) is 41.2 Å². The van der Waals surface area contributed by atoms with Gasteiger partial charge in [0.05, 0.1) is 30.0 Å². The second-order valence-electron chi connectivity index (χ2n) is 11.5. The molecule has 1 atom stereocenters. The fourth-order valence-electron chi connectivity index (χ4n) is 5.01. The van der Waals surface area contributed by atoms with Crippen LogP contribution in [0.2, 0.25) is 19.6 Å². The Morgan fingerprint density at radius 3 is 2.47 bits per heavy atom. The first kappa shape index (κ1) is 28.1. The number of halogens is 2. The molecule has 43 heavy (non-hydrogen) atoms. The van der Waals surface area contributed by atoms with E-state index in [0.29, 0.717) is 33.4 Å². The number of anilines is 1. The molecule has 0 bridgehead atoms. The number of nitriles is 1. The molecule has 0 spiro atoms. The summed E-state index contributed by atoms with van der Waals surface area (Å²) in [5.74, 6) is 4.92. The van der Waals surface area contributed by atoms with Crippen LogP contribution in [0.1, 0.15) is 24.1 Å². The monoisotopic (exact) mass is 593 g/mol. The summed E-state index contributed by atoms with van der Waals surface area (Å²) in [6, 6.07) is 15.9. The van der Waals surface area contributed by atoms with Crippen molar-refractivity contribution in [3.05, 3.63) is 84.6 Å². The molecular weight excluding hydrogens is 564 g/mol. The number of hydrogen-bond donors (Lipinski definition) is 0. The van der Waals surface area contributed by atoms with Gasteiger partial charge in [-0.3, -0.25) is 0 Å². The maximum absolute atomic E-state index is 13.1. The first-order valence-electron chi connectivity index (χ1n) is 13.9. The van der Waals surface area contributed by atoms with Crippen LogP contribution in [0.5, 0.6) is 5.75 Å². The number of rotatable bonds is 6. The van der Waals surface area contributed by atoms with Gasteiger partial charge in [-0.25, -0.2) is 14.2 Å². The fraction of sp³-hybridized carbons (Fsp3) is 0.250. The van der Waals surface area contributed by atoms with Crippen molar-refractivity contribution in [1.82, 2.24) is 24.4 Å². The lowest BCUT2D eigenvalue weighted by Crippen LogP contribution is -2.25. The lowest BCUT2D eigenvalue weighted by Gasteiger charge is -2.18. The van der Waals surface area contributed by atoms with Crippen molar-refractivity contribution in [1.29, 1.82) is 5.26 Å². The van der Waals surface area contributed by atoms with E-state index in [1.54, 1.807) is 16.9 Å². The number of alkyl halides is 2. The Labute approximate surface area is 249 Å². The summed E-state index contributed by atoms with van der Waals surface area (Å²) in [4.78, 5) is 6.92. The van der Waals surface area contributed by atoms with Gasteiger partial charge in [-0.05, 0) is 42.5 Å². The third kappa shape index (κ3) is 6.13. The Morgan fingerprint density at radius 2 is 1.79 bits per heavy atom. The molecule has 216 valence electrons. The van der Waals surface area contributed by atoms with Gasteiger partial charge in [0.25, 0.3) is 0 Å². The van der Waals surface area contributed by atoms with E-state index in [1.165, 1.54) is 18.6 Å². The van der Waals surface area contributed by atoms with Crippen LogP contribution in [0, 0.1) is 22.8 Å². The van der Waals surface area contributed by atoms with Crippen molar-refractivity contribution in [2.24, 2.45) is 0 Å². The highest BCUT2D eigenvalue weighted by Crippen LogP contribution is 2.33. The minimum Gasteiger partial charge on any atom is -0.489 e. The van der Waals surface area contributed by atoms with Gasteiger partial charge in [-0.2, -0.15) is 24.2 Å². The van der Waals surface area contributed by atoms with E-state index in [-0.39, 0.29) is 6.10 Å². The Bertz CT molecular complexity index is 1870. The highest BCUT2D eigenvalue weighted by molar-refractivity contribution is 6.83. The third-order valence-corrected chi connectivity index (χ3v) is 8.01. The van der Waals surface area contributed by atoms with Crippen LogP contribution >= 0.6 is 0 Å². The summed E-state index contributed by atoms with van der Waals surface area (Å²) in [5.41, 5.74) is 8.06. The van der Waals surface area contributed by atoms with Crippen LogP contribution in [0.15, 0.2) is 73.4 Å².